The van der Waals surface area contributed by atoms with E-state index in [-0.39, 0.29) is 0 Å². The Bertz CT molecular complexity index is 711. The van der Waals surface area contributed by atoms with E-state index in [2.05, 4.69) is 35.5 Å². The Morgan fingerprint density at radius 1 is 1.14 bits per heavy atom. The molecule has 0 aliphatic heterocycles. The Balaban J connectivity index is 2.37. The standard InChI is InChI=1S/C17H19Cl2N3/c1-11-5-7-16(20-3)14(9-11)12(2)21-22(4)17-8-6-13(18)10-15(17)19/h5-10,20H,1-4H3/b21-12+. The molecule has 2 aromatic carbocycles. The molecule has 0 bridgehead atoms. The molecule has 0 amide bonds. The SMILES string of the molecule is CNc1ccc(C)cc1/C(C)=N/N(C)c1ccc(Cl)cc1Cl. The number of hydrogen-bond acceptors (Lipinski definition) is 3. The van der Waals surface area contributed by atoms with Gasteiger partial charge in [-0.2, -0.15) is 5.10 Å². The van der Waals surface area contributed by atoms with Crippen LogP contribution in [0.15, 0.2) is 41.5 Å². The molecule has 1 N–H and O–H groups in total. The number of hydrazone groups is 1. The van der Waals surface area contributed by atoms with Crippen LogP contribution in [0.25, 0.3) is 0 Å². The number of rotatable bonds is 4. The van der Waals surface area contributed by atoms with Crippen LogP contribution in [-0.4, -0.2) is 19.8 Å². The molecule has 0 aliphatic carbocycles. The van der Waals surface area contributed by atoms with Crippen molar-refractivity contribution in [3.8, 4) is 0 Å². The lowest BCUT2D eigenvalue weighted by Crippen LogP contribution is -2.13. The van der Waals surface area contributed by atoms with Crippen molar-refractivity contribution in [2.75, 3.05) is 24.4 Å². The highest BCUT2D eigenvalue weighted by molar-refractivity contribution is 6.36. The molecule has 116 valence electrons. The van der Waals surface area contributed by atoms with Gasteiger partial charge in [-0.1, -0.05) is 34.8 Å². The number of halogens is 2. The van der Waals surface area contributed by atoms with E-state index in [1.807, 2.05) is 27.1 Å². The van der Waals surface area contributed by atoms with Crippen molar-refractivity contribution >= 4 is 40.3 Å². The molecule has 0 radical (unpaired) electrons. The Hall–Kier alpha value is -1.71. The Kier molecular flexibility index (Phi) is 5.33. The zero-order valence-electron chi connectivity index (χ0n) is 13.1. The molecular formula is C17H19Cl2N3. The van der Waals surface area contributed by atoms with E-state index in [9.17, 15) is 0 Å². The minimum Gasteiger partial charge on any atom is -0.388 e. The monoisotopic (exact) mass is 335 g/mol. The molecule has 0 aromatic heterocycles. The fraction of sp³-hybridized carbons (Fsp3) is 0.235. The molecule has 0 atom stereocenters. The maximum absolute atomic E-state index is 6.23. The average Bonchev–Trinajstić information content (AvgIpc) is 2.46. The highest BCUT2D eigenvalue weighted by atomic mass is 35.5. The summed E-state index contributed by atoms with van der Waals surface area (Å²) in [5.41, 5.74) is 5.02. The average molecular weight is 336 g/mol. The zero-order valence-corrected chi connectivity index (χ0v) is 14.6. The molecule has 0 spiro atoms. The van der Waals surface area contributed by atoms with Gasteiger partial charge in [0.15, 0.2) is 0 Å². The topological polar surface area (TPSA) is 27.6 Å². The van der Waals surface area contributed by atoms with Crippen molar-refractivity contribution in [1.82, 2.24) is 0 Å². The van der Waals surface area contributed by atoms with E-state index >= 15 is 0 Å². The first-order valence-corrected chi connectivity index (χ1v) is 7.70. The van der Waals surface area contributed by atoms with Gasteiger partial charge in [-0.05, 0) is 44.2 Å². The number of nitrogens with zero attached hydrogens (tertiary/aromatic N) is 2. The van der Waals surface area contributed by atoms with Crippen molar-refractivity contribution in [2.45, 2.75) is 13.8 Å². The number of aryl methyl sites for hydroxylation is 1. The summed E-state index contributed by atoms with van der Waals surface area (Å²) in [5, 5.41) is 10.8. The third-order valence-electron chi connectivity index (χ3n) is 3.39. The minimum atomic E-state index is 0.574. The third-order valence-corrected chi connectivity index (χ3v) is 3.93. The quantitative estimate of drug-likeness (QED) is 0.613. The van der Waals surface area contributed by atoms with Crippen molar-refractivity contribution in [3.05, 3.63) is 57.6 Å². The van der Waals surface area contributed by atoms with Crippen LogP contribution >= 0.6 is 23.2 Å². The van der Waals surface area contributed by atoms with Gasteiger partial charge in [-0.3, -0.25) is 5.01 Å². The van der Waals surface area contributed by atoms with Gasteiger partial charge in [-0.25, -0.2) is 0 Å². The van der Waals surface area contributed by atoms with E-state index in [1.54, 1.807) is 17.1 Å². The molecule has 5 heteroatoms. The summed E-state index contributed by atoms with van der Waals surface area (Å²) < 4.78 is 0. The predicted octanol–water partition coefficient (Wildman–Crippen LogP) is 5.20. The lowest BCUT2D eigenvalue weighted by atomic mass is 10.1. The molecule has 22 heavy (non-hydrogen) atoms. The smallest absolute Gasteiger partial charge is 0.0777 e. The first kappa shape index (κ1) is 16.7. The molecule has 0 unspecified atom stereocenters. The number of hydrogen-bond donors (Lipinski definition) is 1. The van der Waals surface area contributed by atoms with Gasteiger partial charge in [-0.15, -0.1) is 0 Å². The van der Waals surface area contributed by atoms with Gasteiger partial charge in [0, 0.05) is 30.4 Å². The summed E-state index contributed by atoms with van der Waals surface area (Å²) in [5.74, 6) is 0. The highest BCUT2D eigenvalue weighted by Crippen LogP contribution is 2.28. The lowest BCUT2D eigenvalue weighted by molar-refractivity contribution is 1.01. The number of anilines is 2. The fourth-order valence-corrected chi connectivity index (χ4v) is 2.78. The maximum atomic E-state index is 6.23. The van der Waals surface area contributed by atoms with Crippen LogP contribution < -0.4 is 10.3 Å². The number of nitrogens with one attached hydrogen (secondary N) is 1. The Labute approximate surface area is 141 Å². The van der Waals surface area contributed by atoms with Gasteiger partial charge in [0.1, 0.15) is 0 Å². The summed E-state index contributed by atoms with van der Waals surface area (Å²) in [6.07, 6.45) is 0. The van der Waals surface area contributed by atoms with Crippen LogP contribution in [0, 0.1) is 6.92 Å². The Morgan fingerprint density at radius 2 is 1.86 bits per heavy atom. The molecule has 0 fully saturated rings. The van der Waals surface area contributed by atoms with Gasteiger partial charge in [0.25, 0.3) is 0 Å². The zero-order chi connectivity index (χ0) is 16.3. The summed E-state index contributed by atoms with van der Waals surface area (Å²) in [6.45, 7) is 4.05. The molecule has 3 nitrogen and oxygen atoms in total. The van der Waals surface area contributed by atoms with E-state index in [0.29, 0.717) is 10.0 Å². The number of benzene rings is 2. The first-order valence-electron chi connectivity index (χ1n) is 6.95. The maximum Gasteiger partial charge on any atom is 0.0777 e. The van der Waals surface area contributed by atoms with Crippen LogP contribution in [-0.2, 0) is 0 Å². The van der Waals surface area contributed by atoms with Crippen LogP contribution in [0.4, 0.5) is 11.4 Å². The van der Waals surface area contributed by atoms with Crippen molar-refractivity contribution in [1.29, 1.82) is 0 Å². The Morgan fingerprint density at radius 3 is 2.50 bits per heavy atom. The molecular weight excluding hydrogens is 317 g/mol. The van der Waals surface area contributed by atoms with Crippen LogP contribution in [0.1, 0.15) is 18.1 Å². The molecule has 0 saturated heterocycles. The normalized spacial score (nSPS) is 11.5. The van der Waals surface area contributed by atoms with Gasteiger partial charge < -0.3 is 5.32 Å². The second-order valence-corrected chi connectivity index (χ2v) is 5.95. The van der Waals surface area contributed by atoms with E-state index in [4.69, 9.17) is 23.2 Å². The summed E-state index contributed by atoms with van der Waals surface area (Å²) >= 11 is 12.2. The lowest BCUT2D eigenvalue weighted by Gasteiger charge is -2.17. The molecule has 2 aromatic rings. The van der Waals surface area contributed by atoms with E-state index < -0.39 is 0 Å². The van der Waals surface area contributed by atoms with E-state index in [0.717, 1.165) is 22.6 Å². The second kappa shape index (κ2) is 7.03. The van der Waals surface area contributed by atoms with Crippen molar-refractivity contribution in [2.24, 2.45) is 5.10 Å². The first-order chi connectivity index (χ1) is 10.4. The van der Waals surface area contributed by atoms with Crippen LogP contribution in [0.5, 0.6) is 0 Å². The molecule has 0 aliphatic rings. The van der Waals surface area contributed by atoms with Crippen LogP contribution in [0.2, 0.25) is 10.0 Å². The van der Waals surface area contributed by atoms with E-state index in [1.165, 1.54) is 5.56 Å². The van der Waals surface area contributed by atoms with Gasteiger partial charge in [0.05, 0.1) is 16.4 Å². The fourth-order valence-electron chi connectivity index (χ4n) is 2.25. The molecule has 0 heterocycles. The minimum absolute atomic E-state index is 0.574. The summed E-state index contributed by atoms with van der Waals surface area (Å²) in [7, 11) is 3.77. The highest BCUT2D eigenvalue weighted by Gasteiger charge is 2.09. The predicted molar refractivity (Wildman–Crippen MR) is 97.8 cm³/mol. The van der Waals surface area contributed by atoms with Crippen molar-refractivity contribution in [3.63, 3.8) is 0 Å². The second-order valence-electron chi connectivity index (χ2n) is 5.10. The largest absolute Gasteiger partial charge is 0.388 e. The van der Waals surface area contributed by atoms with Crippen LogP contribution in [0.3, 0.4) is 0 Å². The summed E-state index contributed by atoms with van der Waals surface area (Å²) in [4.78, 5) is 0. The van der Waals surface area contributed by atoms with Gasteiger partial charge >= 0.3 is 0 Å². The molecule has 2 rings (SSSR count). The van der Waals surface area contributed by atoms with Gasteiger partial charge in [0.2, 0.25) is 0 Å². The molecule has 0 saturated carbocycles. The summed E-state index contributed by atoms with van der Waals surface area (Å²) in [6, 6.07) is 11.6. The third kappa shape index (κ3) is 3.73. The van der Waals surface area contributed by atoms with Crippen molar-refractivity contribution < 1.29 is 0 Å².